The number of carbonyl (C=O) groups excluding carboxylic acids is 1. The van der Waals surface area contributed by atoms with E-state index in [-0.39, 0.29) is 5.71 Å². The molecule has 132 valence electrons. The first-order valence-electron chi connectivity index (χ1n) is 8.56. The minimum Gasteiger partial charge on any atom is -0.410 e. The highest BCUT2D eigenvalue weighted by Gasteiger charge is 2.45. The first-order chi connectivity index (χ1) is 11.2. The second-order valence-electron chi connectivity index (χ2n) is 7.86. The van der Waals surface area contributed by atoms with Crippen LogP contribution in [0.3, 0.4) is 0 Å². The van der Waals surface area contributed by atoms with E-state index in [1.165, 1.54) is 4.90 Å². The van der Waals surface area contributed by atoms with Gasteiger partial charge in [0.05, 0.1) is 11.7 Å². The van der Waals surface area contributed by atoms with E-state index in [1.807, 2.05) is 6.92 Å². The van der Waals surface area contributed by atoms with Gasteiger partial charge in [-0.2, -0.15) is 5.26 Å². The molecule has 6 heteroatoms. The van der Waals surface area contributed by atoms with Gasteiger partial charge >= 0.3 is 0 Å². The molecule has 0 bridgehead atoms. The Morgan fingerprint density at radius 1 is 1.46 bits per heavy atom. The summed E-state index contributed by atoms with van der Waals surface area (Å²) < 4.78 is 0. The van der Waals surface area contributed by atoms with Crippen LogP contribution in [0.15, 0.2) is 17.4 Å². The fraction of sp³-hybridized carbons (Fsp3) is 0.722. The van der Waals surface area contributed by atoms with Crippen LogP contribution in [0.25, 0.3) is 0 Å². The summed E-state index contributed by atoms with van der Waals surface area (Å²) in [5.74, 6) is -0.0380. The monoisotopic (exact) mass is 333 g/mol. The number of hydrogen-bond acceptors (Lipinski definition) is 5. The normalized spacial score (nSPS) is 37.6. The molecule has 3 unspecified atom stereocenters. The lowest BCUT2D eigenvalue weighted by Gasteiger charge is -2.40. The maximum absolute atomic E-state index is 12.9. The molecule has 0 aromatic heterocycles. The minimum atomic E-state index is -0.930. The zero-order valence-corrected chi connectivity index (χ0v) is 14.7. The highest BCUT2D eigenvalue weighted by atomic mass is 16.4. The fourth-order valence-corrected chi connectivity index (χ4v) is 4.29. The molecule has 1 amide bonds. The minimum absolute atomic E-state index is 0.0316. The van der Waals surface area contributed by atoms with Crippen LogP contribution in [0, 0.1) is 22.7 Å². The Morgan fingerprint density at radius 2 is 2.17 bits per heavy atom. The van der Waals surface area contributed by atoms with Gasteiger partial charge in [0.25, 0.3) is 5.91 Å². The van der Waals surface area contributed by atoms with Gasteiger partial charge in [0.15, 0.2) is 5.71 Å². The summed E-state index contributed by atoms with van der Waals surface area (Å²) in [6.45, 7) is 5.77. The first-order valence-corrected chi connectivity index (χ1v) is 8.56. The van der Waals surface area contributed by atoms with E-state index in [4.69, 9.17) is 0 Å². The summed E-state index contributed by atoms with van der Waals surface area (Å²) in [5, 5.41) is 32.8. The maximum Gasteiger partial charge on any atom is 0.277 e. The average Bonchev–Trinajstić information content (AvgIpc) is 2.93. The lowest BCUT2D eigenvalue weighted by Crippen LogP contribution is -2.48. The average molecular weight is 333 g/mol. The van der Waals surface area contributed by atoms with E-state index in [0.29, 0.717) is 31.6 Å². The van der Waals surface area contributed by atoms with Crippen LogP contribution in [0.5, 0.6) is 0 Å². The Labute approximate surface area is 143 Å². The molecule has 0 spiro atoms. The third kappa shape index (κ3) is 3.78. The van der Waals surface area contributed by atoms with Gasteiger partial charge in [-0.25, -0.2) is 0 Å². The molecule has 0 radical (unpaired) electrons. The largest absolute Gasteiger partial charge is 0.410 e. The van der Waals surface area contributed by atoms with Crippen molar-refractivity contribution in [2.24, 2.45) is 16.5 Å². The van der Waals surface area contributed by atoms with Gasteiger partial charge in [-0.15, -0.1) is 0 Å². The Morgan fingerprint density at radius 3 is 2.79 bits per heavy atom. The van der Waals surface area contributed by atoms with Crippen molar-refractivity contribution in [1.29, 1.82) is 5.26 Å². The molecule has 1 aliphatic carbocycles. The van der Waals surface area contributed by atoms with Crippen LogP contribution in [-0.2, 0) is 4.79 Å². The van der Waals surface area contributed by atoms with Crippen LogP contribution >= 0.6 is 0 Å². The molecular formula is C18H27N3O3. The van der Waals surface area contributed by atoms with E-state index in [1.54, 1.807) is 19.2 Å². The van der Waals surface area contributed by atoms with Gasteiger partial charge in [0.1, 0.15) is 6.04 Å². The van der Waals surface area contributed by atoms with E-state index >= 15 is 0 Å². The van der Waals surface area contributed by atoms with Crippen molar-refractivity contribution in [3.05, 3.63) is 12.3 Å². The third-order valence-corrected chi connectivity index (χ3v) is 5.20. The summed E-state index contributed by atoms with van der Waals surface area (Å²) in [5.41, 5.74) is -1.63. The summed E-state index contributed by atoms with van der Waals surface area (Å²) >= 11 is 0. The molecule has 1 aliphatic heterocycles. The topological polar surface area (TPSA) is 96.9 Å². The predicted octanol–water partition coefficient (Wildman–Crippen LogP) is 2.81. The molecule has 0 aromatic rings. The Balaban J connectivity index is 2.29. The fourth-order valence-electron chi connectivity index (χ4n) is 4.29. The lowest BCUT2D eigenvalue weighted by atomic mass is 9.67. The standard InChI is InChI=1S/C18H27N3O3/c1-13-6-4-8-17(2,12-18(3,23)10-13)15(20-24)16(22)21-9-5-7-14(21)11-19/h5,9,13-14,23-24H,4,6-8,10,12H2,1-3H3/b20-15-/t13?,14?,17?,18-/m0/s1. The zero-order chi connectivity index (χ0) is 18.0. The predicted molar refractivity (Wildman–Crippen MR) is 90.2 cm³/mol. The number of nitrogens with zero attached hydrogens (tertiary/aromatic N) is 3. The number of nitriles is 1. The Bertz CT molecular complexity index is 591. The van der Waals surface area contributed by atoms with Crippen molar-refractivity contribution < 1.29 is 15.1 Å². The smallest absolute Gasteiger partial charge is 0.277 e. The second-order valence-corrected chi connectivity index (χ2v) is 7.86. The van der Waals surface area contributed by atoms with Crippen molar-refractivity contribution in [3.63, 3.8) is 0 Å². The van der Waals surface area contributed by atoms with E-state index in [9.17, 15) is 20.4 Å². The van der Waals surface area contributed by atoms with Crippen molar-refractivity contribution in [2.75, 3.05) is 0 Å². The van der Waals surface area contributed by atoms with E-state index in [2.05, 4.69) is 18.1 Å². The van der Waals surface area contributed by atoms with Crippen molar-refractivity contribution in [1.82, 2.24) is 4.90 Å². The van der Waals surface area contributed by atoms with Crippen molar-refractivity contribution in [2.45, 2.75) is 70.9 Å². The molecule has 0 aromatic carbocycles. The summed E-state index contributed by atoms with van der Waals surface area (Å²) in [6.07, 6.45) is 7.35. The van der Waals surface area contributed by atoms with E-state index < -0.39 is 23.0 Å². The molecule has 1 saturated carbocycles. The van der Waals surface area contributed by atoms with Gasteiger partial charge < -0.3 is 10.3 Å². The van der Waals surface area contributed by atoms with Gasteiger partial charge in [0, 0.05) is 18.0 Å². The van der Waals surface area contributed by atoms with Crippen molar-refractivity contribution in [3.8, 4) is 6.07 Å². The number of amides is 1. The number of oxime groups is 1. The molecule has 1 heterocycles. The first kappa shape index (κ1) is 18.5. The lowest BCUT2D eigenvalue weighted by molar-refractivity contribution is -0.123. The molecular weight excluding hydrogens is 306 g/mol. The highest BCUT2D eigenvalue weighted by Crippen LogP contribution is 2.42. The Hall–Kier alpha value is -1.87. The molecule has 4 atom stereocenters. The Kier molecular flexibility index (Phi) is 5.34. The maximum atomic E-state index is 12.9. The van der Waals surface area contributed by atoms with Gasteiger partial charge in [0.2, 0.25) is 0 Å². The summed E-state index contributed by atoms with van der Waals surface area (Å²) in [6, 6.07) is 1.53. The van der Waals surface area contributed by atoms with Gasteiger partial charge in [-0.05, 0) is 32.1 Å². The quantitative estimate of drug-likeness (QED) is 0.461. The third-order valence-electron chi connectivity index (χ3n) is 5.20. The molecule has 1 fully saturated rings. The molecule has 0 saturated heterocycles. The van der Waals surface area contributed by atoms with Gasteiger partial charge in [-0.3, -0.25) is 9.69 Å². The van der Waals surface area contributed by atoms with Crippen LogP contribution in [0.2, 0.25) is 0 Å². The number of rotatable bonds is 2. The van der Waals surface area contributed by atoms with Crippen molar-refractivity contribution >= 4 is 11.6 Å². The number of carbonyl (C=O) groups is 1. The van der Waals surface area contributed by atoms with Gasteiger partial charge in [-0.1, -0.05) is 37.9 Å². The molecule has 2 rings (SSSR count). The van der Waals surface area contributed by atoms with Crippen LogP contribution in [0.1, 0.15) is 59.3 Å². The molecule has 2 aliphatic rings. The molecule has 2 N–H and O–H groups in total. The molecule has 6 nitrogen and oxygen atoms in total. The van der Waals surface area contributed by atoms with Crippen LogP contribution < -0.4 is 0 Å². The van der Waals surface area contributed by atoms with Crippen LogP contribution in [0.4, 0.5) is 0 Å². The van der Waals surface area contributed by atoms with E-state index in [0.717, 1.165) is 12.8 Å². The second kappa shape index (κ2) is 6.94. The number of aliphatic hydroxyl groups is 1. The zero-order valence-electron chi connectivity index (χ0n) is 14.7. The molecule has 24 heavy (non-hydrogen) atoms. The number of hydrogen-bond donors (Lipinski definition) is 2. The SMILES string of the molecule is CC1CCCC(C)(/C(=N\O)C(=O)N2C=CCC2C#N)C[C@@](C)(O)C1. The summed E-state index contributed by atoms with van der Waals surface area (Å²) in [7, 11) is 0. The van der Waals surface area contributed by atoms with Crippen LogP contribution in [-0.4, -0.2) is 38.5 Å². The highest BCUT2D eigenvalue weighted by molar-refractivity contribution is 6.40. The summed E-state index contributed by atoms with van der Waals surface area (Å²) in [4.78, 5) is 14.2.